The number of hydrogen-bond donors (Lipinski definition) is 2. The quantitative estimate of drug-likeness (QED) is 0.354. The van der Waals surface area contributed by atoms with Gasteiger partial charge in [0.05, 0.1) is 5.69 Å². The first-order chi connectivity index (χ1) is 7.56. The number of rotatable bonds is 4. The van der Waals surface area contributed by atoms with Gasteiger partial charge in [0.2, 0.25) is 0 Å². The average molecular weight is 221 g/mol. The molecular formula is C12H19N3O. The Kier molecular flexibility index (Phi) is 4.31. The maximum Gasteiger partial charge on any atom is 0.180 e. The minimum absolute atomic E-state index is 0.300. The van der Waals surface area contributed by atoms with Gasteiger partial charge in [-0.25, -0.2) is 5.84 Å². The molecule has 1 rings (SSSR count). The largest absolute Gasteiger partial charge is 0.476 e. The fourth-order valence-electron chi connectivity index (χ4n) is 1.47. The molecule has 4 heteroatoms. The number of nitrogens with two attached hydrogens (primary N) is 1. The van der Waals surface area contributed by atoms with Crippen molar-refractivity contribution >= 4 is 11.6 Å². The summed E-state index contributed by atoms with van der Waals surface area (Å²) in [6.45, 7) is 4.31. The summed E-state index contributed by atoms with van der Waals surface area (Å²) in [6.07, 6.45) is 0.611. The topological polar surface area (TPSA) is 62.3 Å². The molecule has 0 saturated carbocycles. The molecule has 0 aliphatic carbocycles. The van der Waals surface area contributed by atoms with Crippen molar-refractivity contribution in [2.75, 3.05) is 12.1 Å². The lowest BCUT2D eigenvalue weighted by Gasteiger charge is -2.19. The van der Waals surface area contributed by atoms with Crippen LogP contribution in [0.25, 0.3) is 0 Å². The first-order valence-corrected chi connectivity index (χ1v) is 5.33. The van der Waals surface area contributed by atoms with Crippen LogP contribution in [0.1, 0.15) is 24.5 Å². The Hall–Kier alpha value is -1.55. The van der Waals surface area contributed by atoms with E-state index in [9.17, 15) is 0 Å². The van der Waals surface area contributed by atoms with Crippen molar-refractivity contribution in [3.05, 3.63) is 29.3 Å². The molecule has 0 unspecified atom stereocenters. The van der Waals surface area contributed by atoms with Gasteiger partial charge >= 0.3 is 0 Å². The van der Waals surface area contributed by atoms with E-state index in [-0.39, 0.29) is 0 Å². The van der Waals surface area contributed by atoms with Gasteiger partial charge in [-0.2, -0.15) is 0 Å². The van der Waals surface area contributed by atoms with Crippen LogP contribution in [0.5, 0.6) is 0 Å². The number of anilines is 1. The minimum atomic E-state index is 0.300. The number of aryl methyl sites for hydroxylation is 1. The van der Waals surface area contributed by atoms with Crippen molar-refractivity contribution in [1.29, 1.82) is 5.41 Å². The molecular weight excluding hydrogens is 202 g/mol. The molecule has 16 heavy (non-hydrogen) atoms. The molecule has 0 aliphatic rings. The summed E-state index contributed by atoms with van der Waals surface area (Å²) < 4.78 is 5.35. The van der Waals surface area contributed by atoms with Gasteiger partial charge in [-0.05, 0) is 18.6 Å². The van der Waals surface area contributed by atoms with E-state index in [0.29, 0.717) is 18.9 Å². The van der Waals surface area contributed by atoms with Crippen molar-refractivity contribution < 1.29 is 4.74 Å². The van der Waals surface area contributed by atoms with E-state index in [0.717, 1.165) is 16.8 Å². The predicted molar refractivity (Wildman–Crippen MR) is 66.6 cm³/mol. The number of hydrogen-bond acceptors (Lipinski definition) is 4. The molecule has 0 amide bonds. The summed E-state index contributed by atoms with van der Waals surface area (Å²) in [4.78, 5) is 0. The van der Waals surface area contributed by atoms with Crippen LogP contribution in [-0.4, -0.2) is 12.9 Å². The van der Waals surface area contributed by atoms with Crippen LogP contribution in [0.3, 0.4) is 0 Å². The molecule has 3 N–H and O–H groups in total. The van der Waals surface area contributed by atoms with Crippen LogP contribution in [0.15, 0.2) is 18.2 Å². The Morgan fingerprint density at radius 1 is 1.50 bits per heavy atom. The second kappa shape index (κ2) is 5.51. The maximum absolute atomic E-state index is 7.47. The molecule has 1 aromatic rings. The lowest BCUT2D eigenvalue weighted by atomic mass is 10.1. The number of ether oxygens (including phenoxy) is 1. The number of nitrogens with zero attached hydrogens (tertiary/aromatic N) is 1. The van der Waals surface area contributed by atoms with E-state index >= 15 is 0 Å². The van der Waals surface area contributed by atoms with Gasteiger partial charge in [0.25, 0.3) is 0 Å². The SMILES string of the molecule is CCC(=N)OCc1c(C)cccc1N(C)N. The standard InChI is InChI=1S/C12H19N3O/c1-4-12(13)16-8-10-9(2)6-5-7-11(10)15(3)14/h5-7,13H,4,8,14H2,1-3H3. The Morgan fingerprint density at radius 3 is 2.75 bits per heavy atom. The second-order valence-corrected chi connectivity index (χ2v) is 3.75. The van der Waals surface area contributed by atoms with Crippen LogP contribution in [0.4, 0.5) is 5.69 Å². The third kappa shape index (κ3) is 2.97. The van der Waals surface area contributed by atoms with Gasteiger partial charge in [0.1, 0.15) is 6.61 Å². The summed E-state index contributed by atoms with van der Waals surface area (Å²) in [6, 6.07) is 5.92. The van der Waals surface area contributed by atoms with Crippen LogP contribution in [-0.2, 0) is 11.3 Å². The molecule has 0 spiro atoms. The minimum Gasteiger partial charge on any atom is -0.476 e. The van der Waals surface area contributed by atoms with E-state index in [1.165, 1.54) is 0 Å². The first kappa shape index (κ1) is 12.5. The van der Waals surface area contributed by atoms with E-state index < -0.39 is 0 Å². The lowest BCUT2D eigenvalue weighted by Crippen LogP contribution is -2.26. The van der Waals surface area contributed by atoms with Crippen LogP contribution in [0, 0.1) is 12.3 Å². The van der Waals surface area contributed by atoms with E-state index in [2.05, 4.69) is 0 Å². The molecule has 1 aromatic carbocycles. The summed E-state index contributed by atoms with van der Waals surface area (Å²) in [7, 11) is 1.80. The molecule has 0 atom stereocenters. The highest BCUT2D eigenvalue weighted by Crippen LogP contribution is 2.22. The fraction of sp³-hybridized carbons (Fsp3) is 0.417. The first-order valence-electron chi connectivity index (χ1n) is 5.33. The fourth-order valence-corrected chi connectivity index (χ4v) is 1.47. The van der Waals surface area contributed by atoms with Crippen LogP contribution < -0.4 is 10.9 Å². The summed E-state index contributed by atoms with van der Waals surface area (Å²) in [5, 5.41) is 9.04. The van der Waals surface area contributed by atoms with Gasteiger partial charge in [-0.15, -0.1) is 0 Å². The normalized spacial score (nSPS) is 10.0. The highest BCUT2D eigenvalue weighted by molar-refractivity contribution is 5.72. The number of nitrogens with one attached hydrogen (secondary N) is 1. The molecule has 0 bridgehead atoms. The average Bonchev–Trinajstić information content (AvgIpc) is 2.26. The monoisotopic (exact) mass is 221 g/mol. The van der Waals surface area contributed by atoms with Gasteiger partial charge in [0, 0.05) is 19.0 Å². The van der Waals surface area contributed by atoms with Crippen molar-refractivity contribution in [2.45, 2.75) is 26.9 Å². The Balaban J connectivity index is 2.88. The third-order valence-electron chi connectivity index (χ3n) is 2.48. The molecule has 0 aromatic heterocycles. The summed E-state index contributed by atoms with van der Waals surface area (Å²) in [5.74, 6) is 6.05. The zero-order valence-corrected chi connectivity index (χ0v) is 10.1. The summed E-state index contributed by atoms with van der Waals surface area (Å²) in [5.41, 5.74) is 3.09. The maximum atomic E-state index is 7.47. The zero-order valence-electron chi connectivity index (χ0n) is 10.1. The smallest absolute Gasteiger partial charge is 0.180 e. The molecule has 0 radical (unpaired) electrons. The summed E-state index contributed by atoms with van der Waals surface area (Å²) >= 11 is 0. The van der Waals surface area contributed by atoms with Gasteiger partial charge in [-0.3, -0.25) is 5.41 Å². The van der Waals surface area contributed by atoms with E-state index in [1.807, 2.05) is 32.0 Å². The lowest BCUT2D eigenvalue weighted by molar-refractivity contribution is 0.281. The number of hydrazine groups is 1. The van der Waals surface area contributed by atoms with Crippen LogP contribution in [0.2, 0.25) is 0 Å². The number of benzene rings is 1. The van der Waals surface area contributed by atoms with Crippen molar-refractivity contribution in [3.8, 4) is 0 Å². The van der Waals surface area contributed by atoms with Crippen molar-refractivity contribution in [1.82, 2.24) is 0 Å². The highest BCUT2D eigenvalue weighted by atomic mass is 16.5. The Morgan fingerprint density at radius 2 is 2.19 bits per heavy atom. The van der Waals surface area contributed by atoms with E-state index in [1.54, 1.807) is 12.1 Å². The van der Waals surface area contributed by atoms with Crippen LogP contribution >= 0.6 is 0 Å². The second-order valence-electron chi connectivity index (χ2n) is 3.75. The molecule has 0 saturated heterocycles. The van der Waals surface area contributed by atoms with Gasteiger partial charge < -0.3 is 9.75 Å². The van der Waals surface area contributed by atoms with Gasteiger partial charge in [-0.1, -0.05) is 19.1 Å². The van der Waals surface area contributed by atoms with Crippen molar-refractivity contribution in [3.63, 3.8) is 0 Å². The Labute approximate surface area is 96.5 Å². The van der Waals surface area contributed by atoms with E-state index in [4.69, 9.17) is 16.0 Å². The molecule has 0 heterocycles. The molecule has 0 fully saturated rings. The highest BCUT2D eigenvalue weighted by Gasteiger charge is 2.08. The van der Waals surface area contributed by atoms with Crippen molar-refractivity contribution in [2.24, 2.45) is 5.84 Å². The predicted octanol–water partition coefficient (Wildman–Crippen LogP) is 2.21. The third-order valence-corrected chi connectivity index (χ3v) is 2.48. The van der Waals surface area contributed by atoms with Gasteiger partial charge in [0.15, 0.2) is 5.90 Å². The molecule has 4 nitrogen and oxygen atoms in total. The molecule has 88 valence electrons. The molecule has 0 aliphatic heterocycles. The Bertz CT molecular complexity index is 375. The zero-order chi connectivity index (χ0) is 12.1.